The Bertz CT molecular complexity index is 896. The van der Waals surface area contributed by atoms with Crippen LogP contribution in [0.1, 0.15) is 79.7 Å². The predicted molar refractivity (Wildman–Crippen MR) is 134 cm³/mol. The van der Waals surface area contributed by atoms with Crippen LogP contribution in [0.4, 0.5) is 0 Å². The van der Waals surface area contributed by atoms with Crippen molar-refractivity contribution < 1.29 is 9.47 Å². The van der Waals surface area contributed by atoms with Crippen LogP contribution in [0.15, 0.2) is 25.7 Å². The van der Waals surface area contributed by atoms with Gasteiger partial charge in [-0.05, 0) is 23.3 Å². The Balaban J connectivity index is 2.62. The molecule has 0 unspecified atom stereocenters. The molecule has 2 rings (SSSR count). The molecule has 0 saturated heterocycles. The normalized spacial score (nSPS) is 13.2. The summed E-state index contributed by atoms with van der Waals surface area (Å²) in [4.78, 5) is 1.94. The minimum absolute atomic E-state index is 0.143. The summed E-state index contributed by atoms with van der Waals surface area (Å²) >= 11 is 2.93. The minimum atomic E-state index is -0.143. The van der Waals surface area contributed by atoms with Gasteiger partial charge in [0.25, 0.3) is 0 Å². The highest BCUT2D eigenvalue weighted by Crippen LogP contribution is 2.61. The maximum Gasteiger partial charge on any atom is 0.150 e. The molecule has 0 saturated carbocycles. The number of hydrogen-bond acceptors (Lipinski definition) is 6. The van der Waals surface area contributed by atoms with Crippen molar-refractivity contribution in [3.8, 4) is 23.6 Å². The van der Waals surface area contributed by atoms with Crippen molar-refractivity contribution in [1.82, 2.24) is 0 Å². The lowest BCUT2D eigenvalue weighted by atomic mass is 9.86. The van der Waals surface area contributed by atoms with Crippen molar-refractivity contribution in [2.45, 2.75) is 89.4 Å². The quantitative estimate of drug-likeness (QED) is 0.321. The molecular formula is C26H36N2O2S2. The first-order valence-electron chi connectivity index (χ1n) is 11.6. The van der Waals surface area contributed by atoms with Gasteiger partial charge in [0.05, 0.1) is 27.2 Å². The molecule has 0 spiro atoms. The van der Waals surface area contributed by atoms with E-state index in [-0.39, 0.29) is 11.0 Å². The molecule has 0 aliphatic carbocycles. The monoisotopic (exact) mass is 472 g/mol. The summed E-state index contributed by atoms with van der Waals surface area (Å²) in [5, 5.41) is 18.9. The summed E-state index contributed by atoms with van der Waals surface area (Å²) in [6.45, 7) is 16.6. The molecule has 0 amide bonds. The van der Waals surface area contributed by atoms with Crippen molar-refractivity contribution in [2.24, 2.45) is 11.8 Å². The van der Waals surface area contributed by atoms with Crippen LogP contribution in [0.2, 0.25) is 0 Å². The first-order chi connectivity index (χ1) is 15.2. The van der Waals surface area contributed by atoms with Crippen molar-refractivity contribution >= 4 is 23.5 Å². The number of ether oxygens (including phenoxy) is 2. The van der Waals surface area contributed by atoms with Crippen molar-refractivity contribution in [3.63, 3.8) is 0 Å². The van der Waals surface area contributed by atoms with E-state index >= 15 is 0 Å². The first kappa shape index (κ1) is 26.5. The average molecular weight is 473 g/mol. The van der Waals surface area contributed by atoms with E-state index in [1.807, 2.05) is 12.1 Å². The van der Waals surface area contributed by atoms with Crippen molar-refractivity contribution in [1.29, 1.82) is 10.5 Å². The van der Waals surface area contributed by atoms with Gasteiger partial charge in [-0.15, -0.1) is 0 Å². The van der Waals surface area contributed by atoms with Gasteiger partial charge in [0.2, 0.25) is 0 Å². The summed E-state index contributed by atoms with van der Waals surface area (Å²) in [6.07, 6.45) is 4.28. The topological polar surface area (TPSA) is 66.0 Å². The Labute approximate surface area is 202 Å². The van der Waals surface area contributed by atoms with E-state index < -0.39 is 0 Å². The molecule has 1 heterocycles. The fourth-order valence-corrected chi connectivity index (χ4v) is 6.01. The molecule has 0 aromatic heterocycles. The Morgan fingerprint density at radius 3 is 1.84 bits per heavy atom. The predicted octanol–water partition coefficient (Wildman–Crippen LogP) is 8.07. The van der Waals surface area contributed by atoms with Gasteiger partial charge in [-0.3, -0.25) is 0 Å². The van der Waals surface area contributed by atoms with Gasteiger partial charge in [-0.1, -0.05) is 97.7 Å². The molecule has 0 fully saturated rings. The van der Waals surface area contributed by atoms with E-state index in [0.29, 0.717) is 29.3 Å². The molecule has 0 N–H and O–H groups in total. The average Bonchev–Trinajstić information content (AvgIpc) is 3.21. The van der Waals surface area contributed by atoms with E-state index in [2.05, 4.69) is 54.5 Å². The summed E-state index contributed by atoms with van der Waals surface area (Å²) < 4.78 is 13.6. The lowest BCUT2D eigenvalue weighted by Crippen LogP contribution is -2.18. The maximum atomic E-state index is 9.45. The van der Waals surface area contributed by atoms with E-state index in [0.717, 1.165) is 52.5 Å². The molecule has 4 nitrogen and oxygen atoms in total. The molecule has 32 heavy (non-hydrogen) atoms. The molecule has 1 aromatic carbocycles. The molecular weight excluding hydrogens is 436 g/mol. The van der Waals surface area contributed by atoms with Crippen LogP contribution >= 0.6 is 23.5 Å². The Morgan fingerprint density at radius 2 is 1.38 bits per heavy atom. The van der Waals surface area contributed by atoms with Crippen LogP contribution < -0.4 is 9.47 Å². The highest BCUT2D eigenvalue weighted by atomic mass is 32.2. The molecule has 0 bridgehead atoms. The number of fused-ring (bicyclic) bond motifs is 1. The van der Waals surface area contributed by atoms with Gasteiger partial charge in [0.15, 0.2) is 0 Å². The minimum Gasteiger partial charge on any atom is -0.492 e. The van der Waals surface area contributed by atoms with Gasteiger partial charge < -0.3 is 9.47 Å². The summed E-state index contributed by atoms with van der Waals surface area (Å²) in [6, 6.07) is 6.21. The number of thioether (sulfide) groups is 2. The number of hydrogen-bond donors (Lipinski definition) is 0. The Kier molecular flexibility index (Phi) is 9.86. The molecule has 1 aliphatic rings. The molecule has 174 valence electrons. The molecule has 1 aliphatic heterocycles. The zero-order valence-electron chi connectivity index (χ0n) is 20.5. The zero-order chi connectivity index (χ0) is 23.9. The second-order valence-electron chi connectivity index (χ2n) is 9.24. The van der Waals surface area contributed by atoms with Crippen molar-refractivity contribution in [3.05, 3.63) is 21.4 Å². The highest BCUT2D eigenvalue weighted by Gasteiger charge is 2.34. The third-order valence-electron chi connectivity index (χ3n) is 6.03. The SMILES string of the molecule is CCC(CC)COc1cc(C(C)(C)C)c(OCC(CC)CC)c2c1SC(=C(C#N)C#N)S2. The van der Waals surface area contributed by atoms with Gasteiger partial charge in [-0.2, -0.15) is 10.5 Å². The number of rotatable bonds is 10. The van der Waals surface area contributed by atoms with Crippen LogP contribution in [0.5, 0.6) is 11.5 Å². The van der Waals surface area contributed by atoms with Crippen molar-refractivity contribution in [2.75, 3.05) is 13.2 Å². The maximum absolute atomic E-state index is 9.45. The third kappa shape index (κ3) is 6.18. The molecule has 1 aromatic rings. The van der Waals surface area contributed by atoms with E-state index in [1.165, 1.54) is 23.5 Å². The van der Waals surface area contributed by atoms with Gasteiger partial charge in [-0.25, -0.2) is 0 Å². The van der Waals surface area contributed by atoms with E-state index in [9.17, 15) is 10.5 Å². The zero-order valence-corrected chi connectivity index (χ0v) is 22.1. The Hall–Kier alpha value is -1.76. The smallest absolute Gasteiger partial charge is 0.150 e. The number of allylic oxidation sites excluding steroid dienone is 1. The number of nitrogens with zero attached hydrogens (tertiary/aromatic N) is 2. The number of nitriles is 2. The molecule has 0 atom stereocenters. The second-order valence-corrected chi connectivity index (χ2v) is 11.5. The number of benzene rings is 1. The largest absolute Gasteiger partial charge is 0.492 e. The summed E-state index contributed by atoms with van der Waals surface area (Å²) in [5.74, 6) is 2.69. The van der Waals surface area contributed by atoms with Crippen LogP contribution in [-0.4, -0.2) is 13.2 Å². The standard InChI is InChI=1S/C26H36N2O2S2/c1-8-17(9-2)15-29-21-12-20(26(5,6)7)22(30-16-18(10-3)11-4)24-23(21)31-25(32-24)19(13-27)14-28/h12,17-18H,8-11,15-16H2,1-7H3. The third-order valence-corrected chi connectivity index (χ3v) is 8.64. The van der Waals surface area contributed by atoms with E-state index in [1.54, 1.807) is 0 Å². The van der Waals surface area contributed by atoms with Crippen LogP contribution in [-0.2, 0) is 5.41 Å². The molecule has 6 heteroatoms. The van der Waals surface area contributed by atoms with Gasteiger partial charge in [0, 0.05) is 5.56 Å². The van der Waals surface area contributed by atoms with Crippen LogP contribution in [0.25, 0.3) is 0 Å². The molecule has 0 radical (unpaired) electrons. The van der Waals surface area contributed by atoms with E-state index in [4.69, 9.17) is 9.47 Å². The first-order valence-corrected chi connectivity index (χ1v) is 13.2. The highest BCUT2D eigenvalue weighted by molar-refractivity contribution is 8.24. The van der Waals surface area contributed by atoms with Gasteiger partial charge >= 0.3 is 0 Å². The second kappa shape index (κ2) is 11.9. The summed E-state index contributed by atoms with van der Waals surface area (Å²) in [5.41, 5.74) is 1.10. The Morgan fingerprint density at radius 1 is 0.875 bits per heavy atom. The van der Waals surface area contributed by atoms with Crippen LogP contribution in [0.3, 0.4) is 0 Å². The fraction of sp³-hybridized carbons (Fsp3) is 0.615. The van der Waals surface area contributed by atoms with Crippen LogP contribution in [0, 0.1) is 34.5 Å². The lowest BCUT2D eigenvalue weighted by Gasteiger charge is -2.27. The fourth-order valence-electron chi connectivity index (χ4n) is 3.48. The summed E-state index contributed by atoms with van der Waals surface area (Å²) in [7, 11) is 0. The lowest BCUT2D eigenvalue weighted by molar-refractivity contribution is 0.221. The van der Waals surface area contributed by atoms with Gasteiger partial charge in [0.1, 0.15) is 29.2 Å².